The van der Waals surface area contributed by atoms with Crippen molar-refractivity contribution in [3.63, 3.8) is 0 Å². The van der Waals surface area contributed by atoms with E-state index in [1.807, 2.05) is 0 Å². The molecule has 12 heteroatoms. The van der Waals surface area contributed by atoms with Gasteiger partial charge in [0.2, 0.25) is 0 Å². The summed E-state index contributed by atoms with van der Waals surface area (Å²) in [5, 5.41) is 30.7. The van der Waals surface area contributed by atoms with Crippen molar-refractivity contribution in [1.29, 1.82) is 0 Å². The monoisotopic (exact) mass is 672 g/mol. The van der Waals surface area contributed by atoms with Crippen molar-refractivity contribution < 1.29 is 29.3 Å². The minimum atomic E-state index is -1.49. The summed E-state index contributed by atoms with van der Waals surface area (Å²) in [4.78, 5) is 38.6. The highest BCUT2D eigenvalue weighted by Gasteiger charge is 2.31. The van der Waals surface area contributed by atoms with Crippen molar-refractivity contribution in [1.82, 2.24) is 0 Å². The zero-order valence-corrected chi connectivity index (χ0v) is 24.9. The highest BCUT2D eigenvalue weighted by Crippen LogP contribution is 2.52. The molecule has 0 saturated heterocycles. The van der Waals surface area contributed by atoms with Crippen LogP contribution in [0.15, 0.2) is 69.9 Å². The molecule has 1 heterocycles. The number of carboxylic acids is 2. The largest absolute Gasteiger partial charge is 0.506 e. The van der Waals surface area contributed by atoms with Crippen LogP contribution in [0.2, 0.25) is 25.1 Å². The van der Waals surface area contributed by atoms with Crippen molar-refractivity contribution in [2.24, 2.45) is 0 Å². The molecular formula is C31H13Cl5O7. The van der Waals surface area contributed by atoms with Crippen LogP contribution in [0.4, 0.5) is 0 Å². The molecule has 0 spiro atoms. The SMILES string of the molecule is O=C(O)c1ccc2ccccc2c1-c1cc2c(-c3c(Cl)c(Cl)c(Cl)c(Cl)c3C(=O)O)c3cc(Cl)c(O)cc3oc-2cc1=O. The normalized spacial score (nSPS) is 11.5. The summed E-state index contributed by atoms with van der Waals surface area (Å²) in [5.41, 5.74) is -1.01. The van der Waals surface area contributed by atoms with E-state index in [-0.39, 0.29) is 76.0 Å². The zero-order valence-electron chi connectivity index (χ0n) is 21.1. The second-order valence-electron chi connectivity index (χ2n) is 9.45. The van der Waals surface area contributed by atoms with Gasteiger partial charge < -0.3 is 19.7 Å². The van der Waals surface area contributed by atoms with E-state index < -0.39 is 28.0 Å². The Morgan fingerprint density at radius 2 is 1.37 bits per heavy atom. The third-order valence-electron chi connectivity index (χ3n) is 7.05. The Morgan fingerprint density at radius 1 is 0.674 bits per heavy atom. The van der Waals surface area contributed by atoms with Gasteiger partial charge in [-0.15, -0.1) is 0 Å². The van der Waals surface area contributed by atoms with Crippen LogP contribution in [0.5, 0.6) is 5.75 Å². The maximum Gasteiger partial charge on any atom is 0.337 e. The Hall–Kier alpha value is -3.98. The van der Waals surface area contributed by atoms with E-state index in [4.69, 9.17) is 62.4 Å². The zero-order chi connectivity index (χ0) is 30.9. The smallest absolute Gasteiger partial charge is 0.337 e. The molecule has 0 radical (unpaired) electrons. The number of phenolic OH excluding ortho intramolecular Hbond substituents is 1. The first kappa shape index (κ1) is 29.1. The van der Waals surface area contributed by atoms with E-state index in [1.54, 1.807) is 30.3 Å². The summed E-state index contributed by atoms with van der Waals surface area (Å²) < 4.78 is 5.99. The molecule has 0 bridgehead atoms. The first-order chi connectivity index (χ1) is 20.4. The second kappa shape index (κ2) is 10.6. The molecule has 6 rings (SSSR count). The van der Waals surface area contributed by atoms with E-state index in [2.05, 4.69) is 0 Å². The molecule has 43 heavy (non-hydrogen) atoms. The number of halogens is 5. The number of aromatic carboxylic acids is 2. The average molecular weight is 675 g/mol. The number of rotatable bonds is 4. The number of aromatic hydroxyl groups is 1. The first-order valence-electron chi connectivity index (χ1n) is 12.2. The summed E-state index contributed by atoms with van der Waals surface area (Å²) >= 11 is 32.0. The van der Waals surface area contributed by atoms with Crippen LogP contribution in [0.3, 0.4) is 0 Å². The number of phenols is 1. The summed E-state index contributed by atoms with van der Waals surface area (Å²) in [7, 11) is 0. The van der Waals surface area contributed by atoms with Gasteiger partial charge in [0.05, 0.1) is 36.2 Å². The van der Waals surface area contributed by atoms with Gasteiger partial charge >= 0.3 is 11.9 Å². The van der Waals surface area contributed by atoms with Gasteiger partial charge in [0.25, 0.3) is 0 Å². The highest BCUT2D eigenvalue weighted by molar-refractivity contribution is 6.54. The second-order valence-corrected chi connectivity index (χ2v) is 11.4. The van der Waals surface area contributed by atoms with Crippen LogP contribution in [0.1, 0.15) is 20.7 Å². The predicted octanol–water partition coefficient (Wildman–Crippen LogP) is 9.75. The summed E-state index contributed by atoms with van der Waals surface area (Å²) in [6.07, 6.45) is 0. The molecule has 0 unspecified atom stereocenters. The molecule has 4 aromatic rings. The summed E-state index contributed by atoms with van der Waals surface area (Å²) in [6.45, 7) is 0. The third kappa shape index (κ3) is 4.56. The van der Waals surface area contributed by atoms with Gasteiger partial charge in [-0.1, -0.05) is 88.3 Å². The maximum atomic E-state index is 13.6. The lowest BCUT2D eigenvalue weighted by Crippen LogP contribution is -2.10. The quantitative estimate of drug-likeness (QED) is 0.0966. The molecule has 4 aromatic carbocycles. The van der Waals surface area contributed by atoms with Gasteiger partial charge in [-0.25, -0.2) is 9.59 Å². The van der Waals surface area contributed by atoms with E-state index in [9.17, 15) is 29.7 Å². The Labute approximate surface area is 266 Å². The number of hydrogen-bond acceptors (Lipinski definition) is 5. The van der Waals surface area contributed by atoms with E-state index in [1.165, 1.54) is 24.3 Å². The van der Waals surface area contributed by atoms with E-state index in [0.29, 0.717) is 10.8 Å². The molecule has 0 atom stereocenters. The van der Waals surface area contributed by atoms with Gasteiger partial charge in [-0.2, -0.15) is 0 Å². The van der Waals surface area contributed by atoms with Gasteiger partial charge in [0, 0.05) is 45.3 Å². The van der Waals surface area contributed by atoms with Crippen LogP contribution in [-0.2, 0) is 0 Å². The predicted molar refractivity (Wildman–Crippen MR) is 168 cm³/mol. The lowest BCUT2D eigenvalue weighted by atomic mass is 9.87. The average Bonchev–Trinajstić information content (AvgIpc) is 2.96. The van der Waals surface area contributed by atoms with Crippen molar-refractivity contribution >= 4 is 91.7 Å². The fraction of sp³-hybridized carbons (Fsp3) is 0. The molecule has 0 aromatic heterocycles. The fourth-order valence-electron chi connectivity index (χ4n) is 5.20. The summed E-state index contributed by atoms with van der Waals surface area (Å²) in [5.74, 6) is -3.14. The lowest BCUT2D eigenvalue weighted by molar-refractivity contribution is 0.0687. The van der Waals surface area contributed by atoms with Crippen LogP contribution in [0, 0.1) is 0 Å². The van der Waals surface area contributed by atoms with E-state index >= 15 is 0 Å². The fourth-order valence-corrected chi connectivity index (χ4v) is 6.39. The van der Waals surface area contributed by atoms with Crippen molar-refractivity contribution in [2.75, 3.05) is 0 Å². The standard InChI is InChI=1S/C31H13Cl5O7/c32-17-8-16-21(10-19(17)38)43-20-9-18(37)14(22-12-4-2-1-3-11(12)5-6-13(22)30(39)40)7-15(20)23(16)24-25(31(41)42)27(34)29(36)28(35)26(24)33/h1-10,38H,(H,39,40)(H,41,42). The molecule has 214 valence electrons. The molecule has 0 fully saturated rings. The third-order valence-corrected chi connectivity index (χ3v) is 9.15. The Kier molecular flexibility index (Phi) is 7.19. The van der Waals surface area contributed by atoms with Crippen LogP contribution in [-0.4, -0.2) is 27.3 Å². The number of hydrogen-bond donors (Lipinski definition) is 3. The minimum Gasteiger partial charge on any atom is -0.506 e. The topological polar surface area (TPSA) is 125 Å². The van der Waals surface area contributed by atoms with Gasteiger partial charge in [0.1, 0.15) is 17.1 Å². The van der Waals surface area contributed by atoms with Crippen molar-refractivity contribution in [2.45, 2.75) is 0 Å². The lowest BCUT2D eigenvalue weighted by Gasteiger charge is -2.21. The number of fused-ring (bicyclic) bond motifs is 3. The number of benzene rings is 5. The molecular weight excluding hydrogens is 662 g/mol. The molecule has 1 aliphatic carbocycles. The molecule has 1 aliphatic heterocycles. The van der Waals surface area contributed by atoms with Crippen LogP contribution >= 0.6 is 58.0 Å². The minimum absolute atomic E-state index is 0.0125. The number of carboxylic acid groups (broad SMARTS) is 2. The Bertz CT molecular complexity index is 2240. The van der Waals surface area contributed by atoms with Crippen molar-refractivity contribution in [3.05, 3.63) is 107 Å². The molecule has 0 amide bonds. The van der Waals surface area contributed by atoms with Crippen molar-refractivity contribution in [3.8, 4) is 39.3 Å². The van der Waals surface area contributed by atoms with E-state index in [0.717, 1.165) is 6.07 Å². The highest BCUT2D eigenvalue weighted by atomic mass is 35.5. The van der Waals surface area contributed by atoms with Gasteiger partial charge in [0.15, 0.2) is 5.43 Å². The Balaban J connectivity index is 1.88. The number of carbonyl (C=O) groups is 2. The first-order valence-corrected chi connectivity index (χ1v) is 14.1. The molecule has 3 N–H and O–H groups in total. The molecule has 0 saturated carbocycles. The van der Waals surface area contributed by atoms with Gasteiger partial charge in [-0.3, -0.25) is 4.79 Å². The summed E-state index contributed by atoms with van der Waals surface area (Å²) in [6, 6.07) is 15.0. The van der Waals surface area contributed by atoms with Crippen LogP contribution in [0.25, 0.3) is 55.3 Å². The maximum absolute atomic E-state index is 13.6. The van der Waals surface area contributed by atoms with Gasteiger partial charge in [-0.05, 0) is 29.0 Å². The Morgan fingerprint density at radius 3 is 2.07 bits per heavy atom. The molecule has 7 nitrogen and oxygen atoms in total. The van der Waals surface area contributed by atoms with Crippen LogP contribution < -0.4 is 5.43 Å². The molecule has 2 aliphatic rings.